The Hall–Kier alpha value is -2.79. The van der Waals surface area contributed by atoms with E-state index in [9.17, 15) is 4.79 Å². The molecule has 0 bridgehead atoms. The van der Waals surface area contributed by atoms with Crippen molar-refractivity contribution in [2.75, 3.05) is 26.2 Å². The lowest BCUT2D eigenvalue weighted by molar-refractivity contribution is -0.136. The van der Waals surface area contributed by atoms with Gasteiger partial charge in [-0.1, -0.05) is 37.3 Å². The Labute approximate surface area is 203 Å². The molecule has 0 atom stereocenters. The second kappa shape index (κ2) is 10.6. The molecule has 1 fully saturated rings. The summed E-state index contributed by atoms with van der Waals surface area (Å²) in [5.74, 6) is 0.614. The lowest BCUT2D eigenvalue weighted by Gasteiger charge is -2.32. The van der Waals surface area contributed by atoms with E-state index in [4.69, 9.17) is 9.84 Å². The van der Waals surface area contributed by atoms with E-state index in [-0.39, 0.29) is 12.0 Å². The zero-order valence-corrected chi connectivity index (χ0v) is 20.8. The number of ether oxygens (including phenoxy) is 1. The molecule has 1 N–H and O–H groups in total. The number of nitrogens with zero attached hydrogens (tertiary/aromatic N) is 2. The number of carboxylic acids is 1. The van der Waals surface area contributed by atoms with Crippen LogP contribution in [0.25, 0.3) is 10.9 Å². The maximum atomic E-state index is 10.8. The van der Waals surface area contributed by atoms with Crippen molar-refractivity contribution in [3.05, 3.63) is 65.9 Å². The van der Waals surface area contributed by atoms with E-state index in [0.29, 0.717) is 12.5 Å². The number of rotatable bonds is 10. The Morgan fingerprint density at radius 3 is 2.47 bits per heavy atom. The highest BCUT2D eigenvalue weighted by atomic mass is 16.5. The molecule has 0 aliphatic carbocycles. The van der Waals surface area contributed by atoms with Gasteiger partial charge in [0.2, 0.25) is 0 Å². The third-order valence-electron chi connectivity index (χ3n) is 7.45. The Morgan fingerprint density at radius 1 is 1.09 bits per heavy atom. The zero-order chi connectivity index (χ0) is 24.1. The SMILES string of the molecule is CCC(C)(C)n1cc(C2CCN(CCCOc3ccc(CC(=O)O)cc3)CC2)c2ccccc21. The number of carboxylic acid groups (broad SMARTS) is 1. The lowest BCUT2D eigenvalue weighted by atomic mass is 9.89. The van der Waals surface area contributed by atoms with Gasteiger partial charge in [-0.05, 0) is 87.9 Å². The van der Waals surface area contributed by atoms with Crippen LogP contribution in [0.4, 0.5) is 0 Å². The van der Waals surface area contributed by atoms with Crippen molar-refractivity contribution in [2.24, 2.45) is 0 Å². The number of aliphatic carboxylic acids is 1. The Morgan fingerprint density at radius 2 is 1.79 bits per heavy atom. The minimum absolute atomic E-state index is 0.0487. The first-order valence-corrected chi connectivity index (χ1v) is 12.6. The molecule has 5 nitrogen and oxygen atoms in total. The molecule has 5 heteroatoms. The topological polar surface area (TPSA) is 54.7 Å². The van der Waals surface area contributed by atoms with E-state index in [1.54, 1.807) is 0 Å². The molecule has 0 amide bonds. The number of aromatic nitrogens is 1. The monoisotopic (exact) mass is 462 g/mol. The first-order valence-electron chi connectivity index (χ1n) is 12.6. The Bertz CT molecular complexity index is 1090. The number of likely N-dealkylation sites (tertiary alicyclic amines) is 1. The van der Waals surface area contributed by atoms with Gasteiger partial charge in [0, 0.05) is 29.2 Å². The number of piperidine rings is 1. The quantitative estimate of drug-likeness (QED) is 0.372. The molecule has 182 valence electrons. The van der Waals surface area contributed by atoms with E-state index in [0.717, 1.165) is 43.8 Å². The van der Waals surface area contributed by atoms with Crippen molar-refractivity contribution in [2.45, 2.75) is 64.3 Å². The third kappa shape index (κ3) is 5.64. The average Bonchev–Trinajstić information content (AvgIpc) is 3.24. The van der Waals surface area contributed by atoms with Crippen molar-refractivity contribution >= 4 is 16.9 Å². The molecule has 34 heavy (non-hydrogen) atoms. The van der Waals surface area contributed by atoms with Gasteiger partial charge in [-0.2, -0.15) is 0 Å². The van der Waals surface area contributed by atoms with Crippen molar-refractivity contribution in [1.82, 2.24) is 9.47 Å². The van der Waals surface area contributed by atoms with E-state index in [1.165, 1.54) is 29.3 Å². The summed E-state index contributed by atoms with van der Waals surface area (Å²) in [6, 6.07) is 16.3. The van der Waals surface area contributed by atoms with Crippen molar-refractivity contribution in [1.29, 1.82) is 0 Å². The van der Waals surface area contributed by atoms with Gasteiger partial charge in [0.1, 0.15) is 5.75 Å². The minimum Gasteiger partial charge on any atom is -0.494 e. The summed E-state index contributed by atoms with van der Waals surface area (Å²) in [4.78, 5) is 13.4. The summed E-state index contributed by atoms with van der Waals surface area (Å²) in [6.07, 6.45) is 6.99. The first-order chi connectivity index (χ1) is 16.4. The van der Waals surface area contributed by atoms with Crippen LogP contribution < -0.4 is 4.74 Å². The zero-order valence-electron chi connectivity index (χ0n) is 20.8. The average molecular weight is 463 g/mol. The molecule has 0 radical (unpaired) electrons. The second-order valence-corrected chi connectivity index (χ2v) is 10.2. The molecule has 0 unspecified atom stereocenters. The largest absolute Gasteiger partial charge is 0.494 e. The lowest BCUT2D eigenvalue weighted by Crippen LogP contribution is -2.34. The summed E-state index contributed by atoms with van der Waals surface area (Å²) >= 11 is 0. The van der Waals surface area contributed by atoms with Gasteiger partial charge in [-0.25, -0.2) is 0 Å². The standard InChI is InChI=1S/C29H38N2O3/c1-4-29(2,3)31-21-26(25-8-5-6-9-27(25)31)23-14-17-30(18-15-23)16-7-19-34-24-12-10-22(11-13-24)20-28(32)33/h5-6,8-13,21,23H,4,7,14-20H2,1-3H3,(H,32,33). The number of hydrogen-bond acceptors (Lipinski definition) is 3. The molecule has 1 aromatic heterocycles. The van der Waals surface area contributed by atoms with Gasteiger partial charge in [0.25, 0.3) is 0 Å². The summed E-state index contributed by atoms with van der Waals surface area (Å²) in [6.45, 7) is 10.9. The fourth-order valence-electron chi connectivity index (χ4n) is 5.03. The van der Waals surface area contributed by atoms with Gasteiger partial charge < -0.3 is 19.3 Å². The van der Waals surface area contributed by atoms with E-state index in [2.05, 4.69) is 60.7 Å². The number of para-hydroxylation sites is 1. The molecule has 0 spiro atoms. The Kier molecular flexibility index (Phi) is 7.62. The van der Waals surface area contributed by atoms with Crippen LogP contribution >= 0.6 is 0 Å². The highest BCUT2D eigenvalue weighted by Gasteiger charge is 2.27. The number of benzene rings is 2. The minimum atomic E-state index is -0.812. The number of fused-ring (bicyclic) bond motifs is 1. The molecule has 1 aliphatic rings. The predicted molar refractivity (Wildman–Crippen MR) is 138 cm³/mol. The number of hydrogen-bond donors (Lipinski definition) is 1. The first kappa shape index (κ1) is 24.3. The molecular formula is C29H38N2O3. The highest BCUT2D eigenvalue weighted by molar-refractivity contribution is 5.85. The fourth-order valence-corrected chi connectivity index (χ4v) is 5.03. The maximum absolute atomic E-state index is 10.8. The van der Waals surface area contributed by atoms with Gasteiger partial charge >= 0.3 is 5.97 Å². The van der Waals surface area contributed by atoms with Crippen LogP contribution in [0.2, 0.25) is 0 Å². The predicted octanol–water partition coefficient (Wildman–Crippen LogP) is 6.06. The molecule has 1 aliphatic heterocycles. The highest BCUT2D eigenvalue weighted by Crippen LogP contribution is 2.37. The van der Waals surface area contributed by atoms with Crippen LogP contribution in [0.5, 0.6) is 5.75 Å². The summed E-state index contributed by atoms with van der Waals surface area (Å²) in [7, 11) is 0. The summed E-state index contributed by atoms with van der Waals surface area (Å²) in [5.41, 5.74) is 3.80. The van der Waals surface area contributed by atoms with E-state index < -0.39 is 5.97 Å². The second-order valence-electron chi connectivity index (χ2n) is 10.2. The smallest absolute Gasteiger partial charge is 0.307 e. The van der Waals surface area contributed by atoms with Crippen LogP contribution in [0, 0.1) is 0 Å². The van der Waals surface area contributed by atoms with Crippen molar-refractivity contribution in [3.63, 3.8) is 0 Å². The van der Waals surface area contributed by atoms with E-state index >= 15 is 0 Å². The van der Waals surface area contributed by atoms with Gasteiger partial charge in [0.15, 0.2) is 0 Å². The molecular weight excluding hydrogens is 424 g/mol. The van der Waals surface area contributed by atoms with Gasteiger partial charge in [-0.15, -0.1) is 0 Å². The van der Waals surface area contributed by atoms with E-state index in [1.807, 2.05) is 24.3 Å². The normalized spacial score (nSPS) is 15.6. The van der Waals surface area contributed by atoms with Crippen LogP contribution in [0.1, 0.15) is 63.5 Å². The van der Waals surface area contributed by atoms with Crippen molar-refractivity contribution in [3.8, 4) is 5.75 Å². The van der Waals surface area contributed by atoms with Gasteiger partial charge in [-0.3, -0.25) is 4.79 Å². The molecule has 1 saturated heterocycles. The fraction of sp³-hybridized carbons (Fsp3) is 0.483. The Balaban J connectivity index is 1.27. The maximum Gasteiger partial charge on any atom is 0.307 e. The van der Waals surface area contributed by atoms with Crippen LogP contribution in [0.3, 0.4) is 0 Å². The van der Waals surface area contributed by atoms with Crippen LogP contribution in [-0.4, -0.2) is 46.8 Å². The van der Waals surface area contributed by atoms with Gasteiger partial charge in [0.05, 0.1) is 13.0 Å². The molecule has 2 aromatic carbocycles. The summed E-state index contributed by atoms with van der Waals surface area (Å²) in [5, 5.41) is 10.3. The third-order valence-corrected chi connectivity index (χ3v) is 7.45. The number of carbonyl (C=O) groups is 1. The van der Waals surface area contributed by atoms with Crippen LogP contribution in [0.15, 0.2) is 54.7 Å². The van der Waals surface area contributed by atoms with Crippen molar-refractivity contribution < 1.29 is 14.6 Å². The molecule has 4 rings (SSSR count). The molecule has 2 heterocycles. The van der Waals surface area contributed by atoms with Crippen LogP contribution in [-0.2, 0) is 16.8 Å². The molecule has 0 saturated carbocycles. The molecule has 3 aromatic rings. The summed E-state index contributed by atoms with van der Waals surface area (Å²) < 4.78 is 8.36.